The van der Waals surface area contributed by atoms with Crippen molar-refractivity contribution in [1.29, 1.82) is 5.26 Å². The molecule has 0 radical (unpaired) electrons. The molecule has 0 spiro atoms. The molecular formula is C32H30Cl4FN7O2. The minimum atomic E-state index is -0.992. The van der Waals surface area contributed by atoms with Gasteiger partial charge in [-0.2, -0.15) is 5.26 Å². The summed E-state index contributed by atoms with van der Waals surface area (Å²) in [5, 5.41) is 9.76. The molecule has 240 valence electrons. The van der Waals surface area contributed by atoms with Gasteiger partial charge in [-0.3, -0.25) is 19.1 Å². The van der Waals surface area contributed by atoms with Crippen LogP contribution in [-0.4, -0.2) is 51.7 Å². The molecule has 46 heavy (non-hydrogen) atoms. The number of nitriles is 1. The number of carbonyl (C=O) groups excluding carboxylic acids is 1. The summed E-state index contributed by atoms with van der Waals surface area (Å²) in [7, 11) is 0. The molecule has 9 nitrogen and oxygen atoms in total. The monoisotopic (exact) mass is 703 g/mol. The maximum atomic E-state index is 14.7. The van der Waals surface area contributed by atoms with Gasteiger partial charge in [-0.05, 0) is 25.0 Å². The van der Waals surface area contributed by atoms with Crippen LogP contribution in [0.1, 0.15) is 39.3 Å². The number of nitrogens with two attached hydrogens (primary N) is 1. The first-order chi connectivity index (χ1) is 21.7. The highest BCUT2D eigenvalue weighted by Gasteiger charge is 2.36. The molecule has 2 aliphatic rings. The molecular weight excluding hydrogens is 675 g/mol. The van der Waals surface area contributed by atoms with Crippen molar-refractivity contribution >= 4 is 80.4 Å². The number of rotatable bonds is 5. The number of anilines is 2. The Bertz CT molecular complexity index is 1940. The van der Waals surface area contributed by atoms with Gasteiger partial charge in [0.15, 0.2) is 5.82 Å². The van der Waals surface area contributed by atoms with Gasteiger partial charge in [0, 0.05) is 54.5 Å². The van der Waals surface area contributed by atoms with Gasteiger partial charge in [-0.25, -0.2) is 9.37 Å². The van der Waals surface area contributed by atoms with E-state index in [2.05, 4.69) is 17.6 Å². The smallest absolute Gasteiger partial charge is 0.272 e. The molecule has 4 heterocycles. The number of nitrogen functional groups attached to an aromatic ring is 1. The summed E-state index contributed by atoms with van der Waals surface area (Å²) in [6, 6.07) is 2.83. The van der Waals surface area contributed by atoms with Gasteiger partial charge in [0.25, 0.3) is 5.56 Å². The highest BCUT2D eigenvalue weighted by atomic mass is 35.5. The molecule has 14 heteroatoms. The highest BCUT2D eigenvalue weighted by Crippen LogP contribution is 2.47. The normalized spacial score (nSPS) is 19.8. The van der Waals surface area contributed by atoms with E-state index in [4.69, 9.17) is 57.1 Å². The largest absolute Gasteiger partial charge is 0.397 e. The number of aromatic nitrogens is 2. The Hall–Kier alpha value is -3.62. The van der Waals surface area contributed by atoms with E-state index in [-0.39, 0.29) is 62.0 Å². The summed E-state index contributed by atoms with van der Waals surface area (Å²) >= 11 is 25.8. The van der Waals surface area contributed by atoms with Crippen LogP contribution in [0.4, 0.5) is 15.8 Å². The van der Waals surface area contributed by atoms with Crippen LogP contribution in [0.25, 0.3) is 22.3 Å². The fourth-order valence-electron chi connectivity index (χ4n) is 6.21. The molecule has 2 N–H and O–H groups in total. The summed E-state index contributed by atoms with van der Waals surface area (Å²) < 4.78 is 16.1. The second kappa shape index (κ2) is 12.9. The third kappa shape index (κ3) is 5.43. The standard InChI is InChI=1S/C32H30Cl4FN7O2/c1-6-20(45)43-10-9-42(13-16(43)5)30-17-11-19(33)28(21-22(34)23(35)25(37)24(36)26(21)39)41-31(17)44(32(46)18(30)12-38)29-15(4)7-8-40-27(29)14(2)3/h6-8,11,14-16,29H,1,9-10,13,39H2,2-5H3/t15?,16-,29?/m1/s1. The van der Waals surface area contributed by atoms with Gasteiger partial charge >= 0.3 is 0 Å². The number of amides is 1. The summed E-state index contributed by atoms with van der Waals surface area (Å²) in [5.41, 5.74) is 6.54. The Morgan fingerprint density at radius 3 is 2.50 bits per heavy atom. The van der Waals surface area contributed by atoms with Crippen molar-refractivity contribution in [3.8, 4) is 17.3 Å². The van der Waals surface area contributed by atoms with Crippen LogP contribution < -0.4 is 16.2 Å². The lowest BCUT2D eigenvalue weighted by Crippen LogP contribution is -2.54. The first-order valence-electron chi connectivity index (χ1n) is 14.5. The SMILES string of the molecule is C=CC(=O)N1CCN(c2c(C#N)c(=O)n(C3C(C(C)C)=NC=CC3C)c3nc(-c4c(N)c(Cl)c(F)c(Cl)c4Cl)c(Cl)cc23)C[C@H]1C. The summed E-state index contributed by atoms with van der Waals surface area (Å²) in [6.07, 6.45) is 4.83. The Labute approximate surface area is 285 Å². The lowest BCUT2D eigenvalue weighted by molar-refractivity contribution is -0.128. The average molecular weight is 705 g/mol. The molecule has 2 unspecified atom stereocenters. The summed E-state index contributed by atoms with van der Waals surface area (Å²) in [5.74, 6) is -1.49. The zero-order valence-electron chi connectivity index (χ0n) is 25.4. The third-order valence-electron chi connectivity index (χ3n) is 8.45. The second-order valence-electron chi connectivity index (χ2n) is 11.6. The molecule has 1 saturated heterocycles. The van der Waals surface area contributed by atoms with Crippen LogP contribution in [0.2, 0.25) is 20.1 Å². The predicted octanol–water partition coefficient (Wildman–Crippen LogP) is 7.29. The van der Waals surface area contributed by atoms with Gasteiger partial charge in [-0.15, -0.1) is 0 Å². The molecule has 3 atom stereocenters. The van der Waals surface area contributed by atoms with E-state index >= 15 is 0 Å². The molecule has 0 saturated carbocycles. The van der Waals surface area contributed by atoms with Crippen LogP contribution >= 0.6 is 46.4 Å². The number of carbonyl (C=O) groups is 1. The summed E-state index contributed by atoms with van der Waals surface area (Å²) in [4.78, 5) is 40.1. The first kappa shape index (κ1) is 33.7. The van der Waals surface area contributed by atoms with Crippen LogP contribution in [-0.2, 0) is 4.79 Å². The van der Waals surface area contributed by atoms with Gasteiger partial charge in [0.05, 0.1) is 38.2 Å². The van der Waals surface area contributed by atoms with Crippen molar-refractivity contribution in [1.82, 2.24) is 14.5 Å². The molecule has 1 aromatic carbocycles. The number of benzene rings is 1. The molecule has 2 aliphatic heterocycles. The van der Waals surface area contributed by atoms with Gasteiger partial charge in [0.2, 0.25) is 5.91 Å². The van der Waals surface area contributed by atoms with Crippen molar-refractivity contribution in [2.75, 3.05) is 30.3 Å². The number of pyridine rings is 2. The number of piperazine rings is 1. The van der Waals surface area contributed by atoms with Gasteiger partial charge < -0.3 is 15.5 Å². The minimum Gasteiger partial charge on any atom is -0.397 e. The Kier molecular flexibility index (Phi) is 9.45. The molecule has 2 aromatic heterocycles. The topological polar surface area (TPSA) is 121 Å². The number of allylic oxidation sites excluding steroid dienone is 1. The minimum absolute atomic E-state index is 0.00520. The van der Waals surface area contributed by atoms with Crippen molar-refractivity contribution in [3.05, 3.63) is 72.8 Å². The first-order valence-corrected chi connectivity index (χ1v) is 16.0. The van der Waals surface area contributed by atoms with Crippen LogP contribution in [0.3, 0.4) is 0 Å². The second-order valence-corrected chi connectivity index (χ2v) is 13.2. The van der Waals surface area contributed by atoms with Crippen LogP contribution in [0, 0.1) is 29.0 Å². The third-order valence-corrected chi connectivity index (χ3v) is 9.93. The zero-order valence-corrected chi connectivity index (χ0v) is 28.4. The van der Waals surface area contributed by atoms with Crippen LogP contribution in [0.15, 0.2) is 40.8 Å². The number of fused-ring (bicyclic) bond motifs is 1. The van der Waals surface area contributed by atoms with E-state index in [1.165, 1.54) is 10.6 Å². The van der Waals surface area contributed by atoms with Crippen molar-refractivity contribution in [2.24, 2.45) is 16.8 Å². The fraction of sp³-hybridized carbons (Fsp3) is 0.344. The molecule has 1 fully saturated rings. The maximum Gasteiger partial charge on any atom is 0.272 e. The summed E-state index contributed by atoms with van der Waals surface area (Å²) in [6.45, 7) is 12.3. The van der Waals surface area contributed by atoms with Crippen LogP contribution in [0.5, 0.6) is 0 Å². The Balaban J connectivity index is 1.89. The predicted molar refractivity (Wildman–Crippen MR) is 184 cm³/mol. The van der Waals surface area contributed by atoms with E-state index in [0.717, 1.165) is 0 Å². The van der Waals surface area contributed by atoms with Gasteiger partial charge in [0.1, 0.15) is 22.3 Å². The molecule has 1 amide bonds. The quantitative estimate of drug-likeness (QED) is 0.129. The number of hydrogen-bond donors (Lipinski definition) is 1. The van der Waals surface area contributed by atoms with E-state index < -0.39 is 27.5 Å². The lowest BCUT2D eigenvalue weighted by Gasteiger charge is -2.41. The maximum absolute atomic E-state index is 14.7. The highest BCUT2D eigenvalue weighted by molar-refractivity contribution is 6.47. The molecule has 0 aliphatic carbocycles. The van der Waals surface area contributed by atoms with E-state index in [1.54, 1.807) is 17.2 Å². The Morgan fingerprint density at radius 1 is 1.20 bits per heavy atom. The number of nitrogens with zero attached hydrogens (tertiary/aromatic N) is 6. The molecule has 3 aromatic rings. The zero-order chi connectivity index (χ0) is 33.8. The fourth-order valence-corrected chi connectivity index (χ4v) is 7.16. The van der Waals surface area contributed by atoms with E-state index in [9.17, 15) is 19.2 Å². The number of halogens is 5. The Morgan fingerprint density at radius 2 is 1.89 bits per heavy atom. The molecule has 0 bridgehead atoms. The molecule has 5 rings (SSSR count). The number of aliphatic imine (C=N–C) groups is 1. The van der Waals surface area contributed by atoms with Crippen molar-refractivity contribution in [2.45, 2.75) is 39.8 Å². The van der Waals surface area contributed by atoms with E-state index in [1.807, 2.05) is 38.7 Å². The number of hydrogen-bond acceptors (Lipinski definition) is 7. The van der Waals surface area contributed by atoms with E-state index in [0.29, 0.717) is 36.4 Å². The average Bonchev–Trinajstić information content (AvgIpc) is 3.02. The lowest BCUT2D eigenvalue weighted by atomic mass is 9.88. The van der Waals surface area contributed by atoms with Crippen molar-refractivity contribution < 1.29 is 9.18 Å². The van der Waals surface area contributed by atoms with Gasteiger partial charge in [-0.1, -0.05) is 79.8 Å². The van der Waals surface area contributed by atoms with Crippen molar-refractivity contribution in [3.63, 3.8) is 0 Å².